The summed E-state index contributed by atoms with van der Waals surface area (Å²) in [5, 5.41) is 2.49. The lowest BCUT2D eigenvalue weighted by Gasteiger charge is -2.31. The Bertz CT molecular complexity index is 1010. The number of aryl methyl sites for hydroxylation is 3. The van der Waals surface area contributed by atoms with Crippen molar-refractivity contribution in [3.8, 4) is 0 Å². The van der Waals surface area contributed by atoms with Crippen molar-refractivity contribution < 1.29 is 4.79 Å². The van der Waals surface area contributed by atoms with E-state index in [9.17, 15) is 4.79 Å². The molecule has 2 aromatic carbocycles. The Labute approximate surface area is 159 Å². The van der Waals surface area contributed by atoms with E-state index in [-0.39, 0.29) is 5.92 Å². The fourth-order valence-electron chi connectivity index (χ4n) is 4.85. The molecule has 2 heterocycles. The number of nitrogens with zero attached hydrogens (tertiary/aromatic N) is 2. The maximum Gasteiger partial charge on any atom is 0.167 e. The highest BCUT2D eigenvalue weighted by Gasteiger charge is 2.29. The van der Waals surface area contributed by atoms with Gasteiger partial charge < -0.3 is 4.98 Å². The van der Waals surface area contributed by atoms with Gasteiger partial charge in [0.2, 0.25) is 0 Å². The van der Waals surface area contributed by atoms with Gasteiger partial charge in [-0.15, -0.1) is 0 Å². The van der Waals surface area contributed by atoms with Crippen molar-refractivity contribution in [3.05, 3.63) is 64.7 Å². The first-order valence-corrected chi connectivity index (χ1v) is 9.99. The van der Waals surface area contributed by atoms with Gasteiger partial charge in [0.1, 0.15) is 5.82 Å². The lowest BCUT2D eigenvalue weighted by molar-refractivity contribution is 0.0810. The Morgan fingerprint density at radius 1 is 1.22 bits per heavy atom. The summed E-state index contributed by atoms with van der Waals surface area (Å²) in [7, 11) is 0. The van der Waals surface area contributed by atoms with E-state index in [1.54, 1.807) is 0 Å². The van der Waals surface area contributed by atoms with E-state index in [1.807, 2.05) is 13.1 Å². The molecule has 3 aromatic rings. The third kappa shape index (κ3) is 2.98. The number of carbonyl (C=O) groups is 1. The second kappa shape index (κ2) is 6.61. The second-order valence-electron chi connectivity index (χ2n) is 8.06. The Kier molecular flexibility index (Phi) is 4.09. The topological polar surface area (TPSA) is 49.0 Å². The summed E-state index contributed by atoms with van der Waals surface area (Å²) in [6.45, 7) is 4.67. The molecule has 1 saturated heterocycles. The minimum atomic E-state index is 0.0771. The second-order valence-corrected chi connectivity index (χ2v) is 8.06. The van der Waals surface area contributed by atoms with Crippen LogP contribution in [0.3, 0.4) is 0 Å². The van der Waals surface area contributed by atoms with Crippen molar-refractivity contribution in [2.45, 2.75) is 39.2 Å². The molecule has 4 heteroatoms. The quantitative estimate of drug-likeness (QED) is 0.715. The third-order valence-electron chi connectivity index (χ3n) is 6.15. The number of hydrogen-bond donors (Lipinski definition) is 1. The number of likely N-dealkylation sites (tertiary alicyclic amines) is 1. The SMILES string of the molecule is Cc1cnc(CN2CCC[C@H](C(=O)c3ccc4c5c(cccc35)CC4)C2)[nH]1. The summed E-state index contributed by atoms with van der Waals surface area (Å²) in [6, 6.07) is 10.7. The molecule has 0 radical (unpaired) electrons. The zero-order valence-electron chi connectivity index (χ0n) is 15.8. The molecule has 0 unspecified atom stereocenters. The van der Waals surface area contributed by atoms with E-state index in [1.165, 1.54) is 16.5 Å². The number of ketones is 1. The van der Waals surface area contributed by atoms with E-state index in [0.717, 1.165) is 67.8 Å². The third-order valence-corrected chi connectivity index (χ3v) is 6.15. The highest BCUT2D eigenvalue weighted by atomic mass is 16.1. The Morgan fingerprint density at radius 3 is 2.89 bits per heavy atom. The molecule has 5 rings (SSSR count). The van der Waals surface area contributed by atoms with Crippen LogP contribution < -0.4 is 0 Å². The van der Waals surface area contributed by atoms with Crippen molar-refractivity contribution in [2.75, 3.05) is 13.1 Å². The zero-order valence-corrected chi connectivity index (χ0v) is 15.8. The van der Waals surface area contributed by atoms with Gasteiger partial charge in [0.05, 0.1) is 6.54 Å². The molecule has 1 N–H and O–H groups in total. The highest BCUT2D eigenvalue weighted by Crippen LogP contribution is 2.34. The fourth-order valence-corrected chi connectivity index (χ4v) is 4.85. The van der Waals surface area contributed by atoms with Crippen LogP contribution in [-0.4, -0.2) is 33.7 Å². The van der Waals surface area contributed by atoms with Crippen molar-refractivity contribution in [2.24, 2.45) is 5.92 Å². The number of piperidine rings is 1. The fraction of sp³-hybridized carbons (Fsp3) is 0.391. The van der Waals surface area contributed by atoms with E-state index in [4.69, 9.17) is 0 Å². The molecule has 1 fully saturated rings. The summed E-state index contributed by atoms with van der Waals surface area (Å²) in [4.78, 5) is 23.5. The first-order chi connectivity index (χ1) is 13.2. The molecule has 27 heavy (non-hydrogen) atoms. The number of hydrogen-bond acceptors (Lipinski definition) is 3. The number of aromatic nitrogens is 2. The predicted molar refractivity (Wildman–Crippen MR) is 107 cm³/mol. The molecule has 1 aromatic heterocycles. The lowest BCUT2D eigenvalue weighted by atomic mass is 9.87. The largest absolute Gasteiger partial charge is 0.345 e. The number of imidazole rings is 1. The van der Waals surface area contributed by atoms with E-state index >= 15 is 0 Å². The van der Waals surface area contributed by atoms with Gasteiger partial charge in [-0.05, 0) is 61.1 Å². The smallest absolute Gasteiger partial charge is 0.167 e. The summed E-state index contributed by atoms with van der Waals surface area (Å²) in [5.41, 5.74) is 4.80. The van der Waals surface area contributed by atoms with Gasteiger partial charge in [-0.2, -0.15) is 0 Å². The van der Waals surface area contributed by atoms with Crippen LogP contribution in [-0.2, 0) is 19.4 Å². The molecular formula is C23H25N3O. The van der Waals surface area contributed by atoms with Crippen LogP contribution in [0.15, 0.2) is 36.5 Å². The minimum Gasteiger partial charge on any atom is -0.345 e. The molecule has 0 amide bonds. The Morgan fingerprint density at radius 2 is 2.07 bits per heavy atom. The molecule has 1 atom stereocenters. The molecule has 1 aliphatic heterocycles. The lowest BCUT2D eigenvalue weighted by Crippen LogP contribution is -2.38. The first-order valence-electron chi connectivity index (χ1n) is 9.99. The standard InChI is InChI=1S/C23H25N3O/c1-15-12-24-21(25-15)14-26-11-3-5-18(13-26)23(27)20-10-9-17-8-7-16-4-2-6-19(20)22(16)17/h2,4,6,9-10,12,18H,3,5,7-8,11,13-14H2,1H3,(H,24,25)/t18-/m0/s1. The van der Waals surface area contributed by atoms with Crippen LogP contribution in [0.4, 0.5) is 0 Å². The molecule has 0 saturated carbocycles. The van der Waals surface area contributed by atoms with E-state index in [2.05, 4.69) is 45.2 Å². The van der Waals surface area contributed by atoms with E-state index < -0.39 is 0 Å². The summed E-state index contributed by atoms with van der Waals surface area (Å²) in [5.74, 6) is 1.38. The molecule has 0 bridgehead atoms. The number of nitrogens with one attached hydrogen (secondary N) is 1. The number of aromatic amines is 1. The maximum absolute atomic E-state index is 13.4. The van der Waals surface area contributed by atoms with Gasteiger partial charge in [0.25, 0.3) is 0 Å². The Hall–Kier alpha value is -2.46. The number of H-pyrrole nitrogens is 1. The molecule has 1 aliphatic carbocycles. The summed E-state index contributed by atoms with van der Waals surface area (Å²) < 4.78 is 0. The minimum absolute atomic E-state index is 0.0771. The normalized spacial score (nSPS) is 19.7. The number of Topliss-reactive ketones (excluding diaryl/α,β-unsaturated/α-hetero) is 1. The predicted octanol–water partition coefficient (Wildman–Crippen LogP) is 4.06. The first kappa shape index (κ1) is 16.7. The number of rotatable bonds is 4. The van der Waals surface area contributed by atoms with Gasteiger partial charge in [-0.3, -0.25) is 9.69 Å². The molecular weight excluding hydrogens is 334 g/mol. The van der Waals surface area contributed by atoms with E-state index in [0.29, 0.717) is 5.78 Å². The maximum atomic E-state index is 13.4. The molecule has 4 nitrogen and oxygen atoms in total. The summed E-state index contributed by atoms with van der Waals surface area (Å²) in [6.07, 6.45) is 6.12. The number of carbonyl (C=O) groups excluding carboxylic acids is 1. The average molecular weight is 359 g/mol. The van der Waals surface area contributed by atoms with Crippen LogP contribution in [0.2, 0.25) is 0 Å². The van der Waals surface area contributed by atoms with Gasteiger partial charge >= 0.3 is 0 Å². The molecule has 0 spiro atoms. The van der Waals surface area contributed by atoms with Crippen LogP contribution in [0.5, 0.6) is 0 Å². The summed E-state index contributed by atoms with van der Waals surface area (Å²) >= 11 is 0. The van der Waals surface area contributed by atoms with Crippen molar-refractivity contribution in [1.82, 2.24) is 14.9 Å². The monoisotopic (exact) mass is 359 g/mol. The molecule has 138 valence electrons. The molecule has 2 aliphatic rings. The average Bonchev–Trinajstić information content (AvgIpc) is 3.29. The van der Waals surface area contributed by atoms with Gasteiger partial charge in [-0.25, -0.2) is 4.98 Å². The van der Waals surface area contributed by atoms with Gasteiger partial charge in [0.15, 0.2) is 5.78 Å². The van der Waals surface area contributed by atoms with Gasteiger partial charge in [0, 0.05) is 29.9 Å². The van der Waals surface area contributed by atoms with Crippen molar-refractivity contribution in [3.63, 3.8) is 0 Å². The Balaban J connectivity index is 1.40. The zero-order chi connectivity index (χ0) is 18.4. The van der Waals surface area contributed by atoms with Crippen LogP contribution in [0, 0.1) is 12.8 Å². The highest BCUT2D eigenvalue weighted by molar-refractivity contribution is 6.11. The van der Waals surface area contributed by atoms with Crippen molar-refractivity contribution in [1.29, 1.82) is 0 Å². The van der Waals surface area contributed by atoms with Crippen LogP contribution in [0.25, 0.3) is 10.8 Å². The van der Waals surface area contributed by atoms with Crippen LogP contribution in [0.1, 0.15) is 45.8 Å². The van der Waals surface area contributed by atoms with Crippen molar-refractivity contribution >= 4 is 16.6 Å². The van der Waals surface area contributed by atoms with Crippen LogP contribution >= 0.6 is 0 Å². The number of benzene rings is 2. The van der Waals surface area contributed by atoms with Gasteiger partial charge in [-0.1, -0.05) is 30.3 Å².